The number of hydrogen-bond donors (Lipinski definition) is 2. The SMILES string of the molecule is COC(=O)c1ccc(S(=O)(=O)NCC2=CCNCC2)cc1.Cl. The molecule has 0 saturated heterocycles. The van der Waals surface area contributed by atoms with Crippen LogP contribution in [0.2, 0.25) is 0 Å². The van der Waals surface area contributed by atoms with E-state index in [0.717, 1.165) is 25.1 Å². The lowest BCUT2D eigenvalue weighted by Crippen LogP contribution is -2.29. The zero-order valence-electron chi connectivity index (χ0n) is 12.2. The number of ether oxygens (including phenoxy) is 1. The highest BCUT2D eigenvalue weighted by Crippen LogP contribution is 2.12. The normalized spacial score (nSPS) is 14.7. The van der Waals surface area contributed by atoms with Gasteiger partial charge in [0.15, 0.2) is 0 Å². The number of carbonyl (C=O) groups excluding carboxylic acids is 1. The summed E-state index contributed by atoms with van der Waals surface area (Å²) in [5, 5.41) is 3.17. The summed E-state index contributed by atoms with van der Waals surface area (Å²) in [4.78, 5) is 11.4. The summed E-state index contributed by atoms with van der Waals surface area (Å²) in [6, 6.07) is 5.66. The van der Waals surface area contributed by atoms with Gasteiger partial charge in [-0.15, -0.1) is 12.4 Å². The van der Waals surface area contributed by atoms with Gasteiger partial charge < -0.3 is 10.1 Å². The van der Waals surface area contributed by atoms with E-state index in [-0.39, 0.29) is 17.3 Å². The molecule has 0 aliphatic carbocycles. The molecule has 2 rings (SSSR count). The van der Waals surface area contributed by atoms with Crippen molar-refractivity contribution in [2.75, 3.05) is 26.7 Å². The van der Waals surface area contributed by atoms with E-state index in [1.165, 1.54) is 31.4 Å². The Morgan fingerprint density at radius 1 is 1.32 bits per heavy atom. The van der Waals surface area contributed by atoms with Crippen LogP contribution in [-0.2, 0) is 14.8 Å². The summed E-state index contributed by atoms with van der Waals surface area (Å²) >= 11 is 0. The average molecular weight is 347 g/mol. The fourth-order valence-electron chi connectivity index (χ4n) is 1.99. The molecule has 1 aliphatic heterocycles. The lowest BCUT2D eigenvalue weighted by atomic mass is 10.1. The maximum atomic E-state index is 12.2. The molecule has 1 aromatic rings. The highest BCUT2D eigenvalue weighted by atomic mass is 35.5. The maximum Gasteiger partial charge on any atom is 0.337 e. The average Bonchev–Trinajstić information content (AvgIpc) is 2.53. The van der Waals surface area contributed by atoms with Gasteiger partial charge in [-0.25, -0.2) is 17.9 Å². The van der Waals surface area contributed by atoms with E-state index >= 15 is 0 Å². The fraction of sp³-hybridized carbons (Fsp3) is 0.357. The molecule has 0 aromatic heterocycles. The summed E-state index contributed by atoms with van der Waals surface area (Å²) in [5.74, 6) is -0.494. The second-order valence-corrected chi connectivity index (χ2v) is 6.42. The molecule has 0 radical (unpaired) electrons. The Bertz CT molecular complexity index is 641. The van der Waals surface area contributed by atoms with Crippen molar-refractivity contribution in [3.63, 3.8) is 0 Å². The highest BCUT2D eigenvalue weighted by Gasteiger charge is 2.15. The monoisotopic (exact) mass is 346 g/mol. The predicted molar refractivity (Wildman–Crippen MR) is 85.8 cm³/mol. The van der Waals surface area contributed by atoms with Gasteiger partial charge in [0.2, 0.25) is 10.0 Å². The smallest absolute Gasteiger partial charge is 0.337 e. The van der Waals surface area contributed by atoms with Crippen LogP contribution in [0.5, 0.6) is 0 Å². The van der Waals surface area contributed by atoms with E-state index in [9.17, 15) is 13.2 Å². The number of sulfonamides is 1. The van der Waals surface area contributed by atoms with Gasteiger partial charge in [0.05, 0.1) is 17.6 Å². The van der Waals surface area contributed by atoms with Crippen LogP contribution in [0.1, 0.15) is 16.8 Å². The van der Waals surface area contributed by atoms with Crippen LogP contribution < -0.4 is 10.0 Å². The van der Waals surface area contributed by atoms with Gasteiger partial charge in [-0.1, -0.05) is 11.6 Å². The second kappa shape index (κ2) is 8.28. The number of benzene rings is 1. The Kier molecular flexibility index (Phi) is 7.02. The molecule has 0 bridgehead atoms. The van der Waals surface area contributed by atoms with Crippen molar-refractivity contribution in [2.45, 2.75) is 11.3 Å². The molecule has 122 valence electrons. The summed E-state index contributed by atoms with van der Waals surface area (Å²) in [6.45, 7) is 1.94. The van der Waals surface area contributed by atoms with E-state index in [2.05, 4.69) is 14.8 Å². The number of rotatable bonds is 5. The number of hydrogen-bond acceptors (Lipinski definition) is 5. The predicted octanol–water partition coefficient (Wildman–Crippen LogP) is 1.09. The van der Waals surface area contributed by atoms with Crippen LogP contribution in [0.4, 0.5) is 0 Å². The molecule has 0 unspecified atom stereocenters. The second-order valence-electron chi connectivity index (χ2n) is 4.66. The van der Waals surface area contributed by atoms with Crippen molar-refractivity contribution in [3.05, 3.63) is 41.5 Å². The molecule has 0 spiro atoms. The zero-order chi connectivity index (χ0) is 15.3. The van der Waals surface area contributed by atoms with E-state index < -0.39 is 16.0 Å². The first-order valence-corrected chi connectivity index (χ1v) is 8.08. The number of nitrogens with one attached hydrogen (secondary N) is 2. The first-order valence-electron chi connectivity index (χ1n) is 6.59. The molecule has 0 fully saturated rings. The van der Waals surface area contributed by atoms with Gasteiger partial charge in [0.1, 0.15) is 0 Å². The van der Waals surface area contributed by atoms with Crippen molar-refractivity contribution < 1.29 is 17.9 Å². The summed E-state index contributed by atoms with van der Waals surface area (Å²) in [5.41, 5.74) is 1.39. The van der Waals surface area contributed by atoms with E-state index in [0.29, 0.717) is 12.1 Å². The number of halogens is 1. The Hall–Kier alpha value is -1.41. The lowest BCUT2D eigenvalue weighted by Gasteiger charge is -2.14. The van der Waals surface area contributed by atoms with E-state index in [1.807, 2.05) is 6.08 Å². The Balaban J connectivity index is 0.00000242. The number of carbonyl (C=O) groups is 1. The Morgan fingerprint density at radius 3 is 2.55 bits per heavy atom. The van der Waals surface area contributed by atoms with Crippen molar-refractivity contribution in [1.29, 1.82) is 0 Å². The first kappa shape index (κ1) is 18.6. The number of esters is 1. The summed E-state index contributed by atoms with van der Waals surface area (Å²) in [6.07, 6.45) is 2.83. The van der Waals surface area contributed by atoms with E-state index in [4.69, 9.17) is 0 Å². The minimum atomic E-state index is -3.57. The number of methoxy groups -OCH3 is 1. The molecule has 0 atom stereocenters. The molecule has 0 amide bonds. The van der Waals surface area contributed by atoms with Gasteiger partial charge in [-0.05, 0) is 37.2 Å². The highest BCUT2D eigenvalue weighted by molar-refractivity contribution is 7.89. The molecule has 1 aromatic carbocycles. The van der Waals surface area contributed by atoms with Crippen LogP contribution in [0.15, 0.2) is 40.8 Å². The zero-order valence-corrected chi connectivity index (χ0v) is 13.8. The summed E-state index contributed by atoms with van der Waals surface area (Å²) in [7, 11) is -2.29. The van der Waals surface area contributed by atoms with Crippen LogP contribution >= 0.6 is 12.4 Å². The largest absolute Gasteiger partial charge is 0.465 e. The Morgan fingerprint density at radius 2 is 2.00 bits per heavy atom. The van der Waals surface area contributed by atoms with Gasteiger partial charge in [0.25, 0.3) is 0 Å². The van der Waals surface area contributed by atoms with Gasteiger partial charge in [-0.3, -0.25) is 0 Å². The molecule has 1 aliphatic rings. The fourth-order valence-corrected chi connectivity index (χ4v) is 3.03. The van der Waals surface area contributed by atoms with Crippen LogP contribution in [0, 0.1) is 0 Å². The van der Waals surface area contributed by atoms with Crippen molar-refractivity contribution in [1.82, 2.24) is 10.0 Å². The minimum absolute atomic E-state index is 0. The van der Waals surface area contributed by atoms with E-state index in [1.54, 1.807) is 0 Å². The molecule has 2 N–H and O–H groups in total. The molecule has 8 heteroatoms. The quantitative estimate of drug-likeness (QED) is 0.616. The maximum absolute atomic E-state index is 12.2. The van der Waals surface area contributed by atoms with Crippen LogP contribution in [-0.4, -0.2) is 41.1 Å². The molecular weight excluding hydrogens is 328 g/mol. The van der Waals surface area contributed by atoms with Crippen molar-refractivity contribution in [2.24, 2.45) is 0 Å². The van der Waals surface area contributed by atoms with Crippen molar-refractivity contribution in [3.8, 4) is 0 Å². The molecular formula is C14H19ClN2O4S. The lowest BCUT2D eigenvalue weighted by molar-refractivity contribution is 0.0600. The topological polar surface area (TPSA) is 84.5 Å². The molecule has 0 saturated carbocycles. The first-order chi connectivity index (χ1) is 10.0. The molecule has 1 heterocycles. The third-order valence-corrected chi connectivity index (χ3v) is 4.65. The third kappa shape index (κ3) is 4.81. The van der Waals surface area contributed by atoms with Crippen molar-refractivity contribution >= 4 is 28.4 Å². The summed E-state index contributed by atoms with van der Waals surface area (Å²) < 4.78 is 31.4. The van der Waals surface area contributed by atoms with Gasteiger partial charge in [-0.2, -0.15) is 0 Å². The van der Waals surface area contributed by atoms with Crippen LogP contribution in [0.25, 0.3) is 0 Å². The minimum Gasteiger partial charge on any atom is -0.465 e. The van der Waals surface area contributed by atoms with Gasteiger partial charge >= 0.3 is 5.97 Å². The standard InChI is InChI=1S/C14H18N2O4S.ClH/c1-20-14(17)12-2-4-13(5-3-12)21(18,19)16-10-11-6-8-15-9-7-11;/h2-6,15-16H,7-10H2,1H3;1H. The Labute approximate surface area is 136 Å². The third-order valence-electron chi connectivity index (χ3n) is 3.23. The van der Waals surface area contributed by atoms with Gasteiger partial charge in [0, 0.05) is 13.1 Å². The molecule has 6 nitrogen and oxygen atoms in total. The molecule has 22 heavy (non-hydrogen) atoms. The van der Waals surface area contributed by atoms with Crippen LogP contribution in [0.3, 0.4) is 0 Å².